The first-order valence-electron chi connectivity index (χ1n) is 14.4. The highest BCUT2D eigenvalue weighted by molar-refractivity contribution is 9.10. The van der Waals surface area contributed by atoms with E-state index in [1.807, 2.05) is 61.5 Å². The van der Waals surface area contributed by atoms with Crippen molar-refractivity contribution in [1.82, 2.24) is 10.2 Å². The summed E-state index contributed by atoms with van der Waals surface area (Å²) in [5, 5.41) is 3.39. The lowest BCUT2D eigenvalue weighted by Gasteiger charge is -2.34. The molecule has 0 spiro atoms. The van der Waals surface area contributed by atoms with Gasteiger partial charge >= 0.3 is 0 Å². The SMILES string of the molecule is CCCCNC(=O)C(Cc1ccccc1)N(Cc1ccc(Br)cc1)C(=O)CN(c1ccccc1)S(=O)(=O)c1ccc(Cl)cc1. The van der Waals surface area contributed by atoms with E-state index in [4.69, 9.17) is 11.6 Å². The van der Waals surface area contributed by atoms with Crippen LogP contribution in [0.3, 0.4) is 0 Å². The molecule has 230 valence electrons. The number of anilines is 1. The third kappa shape index (κ3) is 8.94. The number of nitrogens with one attached hydrogen (secondary N) is 1. The van der Waals surface area contributed by atoms with Crippen LogP contribution in [-0.4, -0.2) is 44.3 Å². The summed E-state index contributed by atoms with van der Waals surface area (Å²) >= 11 is 9.49. The van der Waals surface area contributed by atoms with Crippen LogP contribution in [0.25, 0.3) is 0 Å². The van der Waals surface area contributed by atoms with Crippen LogP contribution in [-0.2, 0) is 32.6 Å². The van der Waals surface area contributed by atoms with Crippen molar-refractivity contribution in [2.45, 2.75) is 43.7 Å². The molecule has 0 aliphatic rings. The number of hydrogen-bond donors (Lipinski definition) is 1. The second kappa shape index (κ2) is 15.9. The number of nitrogens with zero attached hydrogens (tertiary/aromatic N) is 2. The molecule has 2 amide bonds. The first-order valence-corrected chi connectivity index (χ1v) is 17.0. The summed E-state index contributed by atoms with van der Waals surface area (Å²) in [6, 6.07) is 30.4. The van der Waals surface area contributed by atoms with Gasteiger partial charge in [-0.2, -0.15) is 0 Å². The largest absolute Gasteiger partial charge is 0.354 e. The molecular weight excluding hydrogens is 662 g/mol. The van der Waals surface area contributed by atoms with Crippen molar-refractivity contribution in [2.24, 2.45) is 0 Å². The molecule has 4 aromatic rings. The second-order valence-corrected chi connectivity index (χ2v) is 13.5. The maximum atomic E-state index is 14.4. The molecule has 0 aliphatic carbocycles. The van der Waals surface area contributed by atoms with E-state index in [2.05, 4.69) is 21.2 Å². The minimum Gasteiger partial charge on any atom is -0.354 e. The molecular formula is C34H35BrClN3O4S. The van der Waals surface area contributed by atoms with Crippen LogP contribution in [0.5, 0.6) is 0 Å². The lowest BCUT2D eigenvalue weighted by atomic mass is 10.0. The highest BCUT2D eigenvalue weighted by atomic mass is 79.9. The molecule has 4 aromatic carbocycles. The van der Waals surface area contributed by atoms with Gasteiger partial charge in [-0.25, -0.2) is 8.42 Å². The van der Waals surface area contributed by atoms with Crippen LogP contribution in [0.15, 0.2) is 119 Å². The molecule has 4 rings (SSSR count). The third-order valence-electron chi connectivity index (χ3n) is 7.09. The standard InChI is InChI=1S/C34H35BrClN3O4S/c1-2-3-22-37-34(41)32(23-26-10-6-4-7-11-26)38(24-27-14-16-28(35)17-15-27)33(40)25-39(30-12-8-5-9-13-30)44(42,43)31-20-18-29(36)19-21-31/h4-21,32H,2-3,22-25H2,1H3,(H,37,41). The number of hydrogen-bond acceptors (Lipinski definition) is 4. The molecule has 0 radical (unpaired) electrons. The Bertz CT molecular complexity index is 1620. The fourth-order valence-electron chi connectivity index (χ4n) is 4.70. The summed E-state index contributed by atoms with van der Waals surface area (Å²) in [5.74, 6) is -0.805. The van der Waals surface area contributed by atoms with Crippen molar-refractivity contribution in [3.63, 3.8) is 0 Å². The zero-order chi connectivity index (χ0) is 31.5. The van der Waals surface area contributed by atoms with Crippen LogP contribution >= 0.6 is 27.5 Å². The van der Waals surface area contributed by atoms with Crippen LogP contribution in [0.4, 0.5) is 5.69 Å². The zero-order valence-electron chi connectivity index (χ0n) is 24.4. The fraction of sp³-hybridized carbons (Fsp3) is 0.235. The highest BCUT2D eigenvalue weighted by Gasteiger charge is 2.34. The Balaban J connectivity index is 1.76. The van der Waals surface area contributed by atoms with Gasteiger partial charge in [0, 0.05) is 29.0 Å². The normalized spacial score (nSPS) is 11.9. The number of sulfonamides is 1. The first-order chi connectivity index (χ1) is 21.2. The number of rotatable bonds is 14. The van der Waals surface area contributed by atoms with Gasteiger partial charge in [-0.3, -0.25) is 13.9 Å². The molecule has 10 heteroatoms. The molecule has 7 nitrogen and oxygen atoms in total. The van der Waals surface area contributed by atoms with Gasteiger partial charge in [0.15, 0.2) is 0 Å². The molecule has 0 heterocycles. The zero-order valence-corrected chi connectivity index (χ0v) is 27.6. The fourth-order valence-corrected chi connectivity index (χ4v) is 6.51. The minimum absolute atomic E-state index is 0.00356. The summed E-state index contributed by atoms with van der Waals surface area (Å²) in [4.78, 5) is 29.7. The minimum atomic E-state index is -4.18. The van der Waals surface area contributed by atoms with E-state index in [0.717, 1.165) is 32.7 Å². The van der Waals surface area contributed by atoms with E-state index in [1.165, 1.54) is 29.2 Å². The summed E-state index contributed by atoms with van der Waals surface area (Å²) in [7, 11) is -4.18. The van der Waals surface area contributed by atoms with Gasteiger partial charge in [0.2, 0.25) is 11.8 Å². The second-order valence-electron chi connectivity index (χ2n) is 10.3. The number of carbonyl (C=O) groups is 2. The number of amides is 2. The molecule has 44 heavy (non-hydrogen) atoms. The van der Waals surface area contributed by atoms with Crippen LogP contribution in [0.1, 0.15) is 30.9 Å². The first kappa shape index (κ1) is 33.2. The van der Waals surface area contributed by atoms with E-state index in [9.17, 15) is 18.0 Å². The number of carbonyl (C=O) groups excluding carboxylic acids is 2. The number of para-hydroxylation sites is 1. The monoisotopic (exact) mass is 695 g/mol. The van der Waals surface area contributed by atoms with E-state index in [0.29, 0.717) is 17.3 Å². The highest BCUT2D eigenvalue weighted by Crippen LogP contribution is 2.26. The van der Waals surface area contributed by atoms with Gasteiger partial charge in [0.1, 0.15) is 12.6 Å². The summed E-state index contributed by atoms with van der Waals surface area (Å²) in [5.41, 5.74) is 2.00. The summed E-state index contributed by atoms with van der Waals surface area (Å²) in [6.45, 7) is 2.10. The summed E-state index contributed by atoms with van der Waals surface area (Å²) < 4.78 is 30.0. The molecule has 1 unspecified atom stereocenters. The lowest BCUT2D eigenvalue weighted by molar-refractivity contribution is -0.140. The molecule has 1 N–H and O–H groups in total. The van der Waals surface area contributed by atoms with Crippen molar-refractivity contribution in [1.29, 1.82) is 0 Å². The van der Waals surface area contributed by atoms with Crippen LogP contribution in [0, 0.1) is 0 Å². The molecule has 0 saturated carbocycles. The van der Waals surface area contributed by atoms with Crippen molar-refractivity contribution in [2.75, 3.05) is 17.4 Å². The Kier molecular flexibility index (Phi) is 12.0. The predicted octanol–water partition coefficient (Wildman–Crippen LogP) is 6.85. The lowest BCUT2D eigenvalue weighted by Crippen LogP contribution is -2.53. The maximum absolute atomic E-state index is 14.4. The van der Waals surface area contributed by atoms with E-state index >= 15 is 0 Å². The number of halogens is 2. The summed E-state index contributed by atoms with van der Waals surface area (Å²) in [6.07, 6.45) is 1.96. The molecule has 0 saturated heterocycles. The Hall–Kier alpha value is -3.66. The van der Waals surface area contributed by atoms with E-state index in [1.54, 1.807) is 30.3 Å². The molecule has 0 aromatic heterocycles. The van der Waals surface area contributed by atoms with Gasteiger partial charge in [0.25, 0.3) is 10.0 Å². The van der Waals surface area contributed by atoms with Gasteiger partial charge in [-0.05, 0) is 66.1 Å². The van der Waals surface area contributed by atoms with Gasteiger partial charge in [-0.1, -0.05) is 102 Å². The quantitative estimate of drug-likeness (QED) is 0.146. The molecule has 1 atom stereocenters. The average molecular weight is 697 g/mol. The smallest absolute Gasteiger partial charge is 0.264 e. The third-order valence-corrected chi connectivity index (χ3v) is 9.66. The molecule has 0 bridgehead atoms. The van der Waals surface area contributed by atoms with Gasteiger partial charge in [0.05, 0.1) is 10.6 Å². The Morgan fingerprint density at radius 2 is 1.45 bits per heavy atom. The topological polar surface area (TPSA) is 86.8 Å². The van der Waals surface area contributed by atoms with Crippen LogP contribution in [0.2, 0.25) is 5.02 Å². The van der Waals surface area contributed by atoms with Gasteiger partial charge in [-0.15, -0.1) is 0 Å². The Labute approximate surface area is 273 Å². The van der Waals surface area contributed by atoms with Crippen molar-refractivity contribution >= 4 is 55.1 Å². The maximum Gasteiger partial charge on any atom is 0.264 e. The van der Waals surface area contributed by atoms with Crippen molar-refractivity contribution in [3.05, 3.63) is 130 Å². The molecule has 0 fully saturated rings. The van der Waals surface area contributed by atoms with E-state index in [-0.39, 0.29) is 23.8 Å². The van der Waals surface area contributed by atoms with Crippen molar-refractivity contribution < 1.29 is 18.0 Å². The van der Waals surface area contributed by atoms with Crippen LogP contribution < -0.4 is 9.62 Å². The Morgan fingerprint density at radius 3 is 2.07 bits per heavy atom. The van der Waals surface area contributed by atoms with E-state index < -0.39 is 28.5 Å². The molecule has 0 aliphatic heterocycles. The average Bonchev–Trinajstić information content (AvgIpc) is 3.03. The number of benzene rings is 4. The predicted molar refractivity (Wildman–Crippen MR) is 179 cm³/mol. The van der Waals surface area contributed by atoms with Gasteiger partial charge < -0.3 is 10.2 Å². The number of unbranched alkanes of at least 4 members (excludes halogenated alkanes) is 1. The van der Waals surface area contributed by atoms with Crippen molar-refractivity contribution in [3.8, 4) is 0 Å². The Morgan fingerprint density at radius 1 is 0.841 bits per heavy atom.